The molecule has 3 heterocycles. The third-order valence-electron chi connectivity index (χ3n) is 7.14. The fourth-order valence-electron chi connectivity index (χ4n) is 4.95. The second kappa shape index (κ2) is 10.2. The van der Waals surface area contributed by atoms with Crippen LogP contribution in [0, 0.1) is 25.6 Å². The number of imidazole rings is 1. The number of fused-ring (bicyclic) bond motifs is 1. The molecule has 0 bridgehead atoms. The van der Waals surface area contributed by atoms with E-state index >= 15 is 0 Å². The molecule has 1 saturated heterocycles. The lowest BCUT2D eigenvalue weighted by Gasteiger charge is -2.31. The van der Waals surface area contributed by atoms with Crippen LogP contribution in [0.15, 0.2) is 48.9 Å². The summed E-state index contributed by atoms with van der Waals surface area (Å²) in [6.07, 6.45) is 6.92. The molecular formula is C28H31FN6O2. The van der Waals surface area contributed by atoms with Gasteiger partial charge in [-0.15, -0.1) is 0 Å². The lowest BCUT2D eigenvalue weighted by Crippen LogP contribution is -2.40. The van der Waals surface area contributed by atoms with E-state index in [2.05, 4.69) is 15.3 Å². The van der Waals surface area contributed by atoms with Gasteiger partial charge in [0.1, 0.15) is 11.6 Å². The van der Waals surface area contributed by atoms with Crippen molar-refractivity contribution in [3.8, 4) is 17.0 Å². The average Bonchev–Trinajstić information content (AvgIpc) is 3.34. The van der Waals surface area contributed by atoms with Gasteiger partial charge in [-0.2, -0.15) is 0 Å². The minimum Gasteiger partial charge on any atom is -0.496 e. The number of likely N-dealkylation sites (tertiary alicyclic amines) is 1. The van der Waals surface area contributed by atoms with Gasteiger partial charge in [-0.3, -0.25) is 9.20 Å². The molecule has 5 rings (SSSR count). The minimum absolute atomic E-state index is 0.0504. The fraction of sp³-hybridized carbons (Fsp3) is 0.321. The first-order valence-electron chi connectivity index (χ1n) is 12.4. The largest absolute Gasteiger partial charge is 0.496 e. The number of nitrogens with two attached hydrogens (primary N) is 1. The molecule has 0 unspecified atom stereocenters. The van der Waals surface area contributed by atoms with E-state index < -0.39 is 5.82 Å². The van der Waals surface area contributed by atoms with Crippen LogP contribution >= 0.6 is 0 Å². The lowest BCUT2D eigenvalue weighted by atomic mass is 9.96. The molecule has 2 aromatic carbocycles. The third kappa shape index (κ3) is 4.74. The van der Waals surface area contributed by atoms with E-state index in [1.54, 1.807) is 29.1 Å². The molecule has 0 aliphatic carbocycles. The van der Waals surface area contributed by atoms with Crippen LogP contribution < -0.4 is 15.8 Å². The number of hydrogen-bond acceptors (Lipinski definition) is 6. The van der Waals surface area contributed by atoms with Crippen LogP contribution in [-0.4, -0.2) is 51.9 Å². The van der Waals surface area contributed by atoms with Crippen LogP contribution in [0.3, 0.4) is 0 Å². The Kier molecular flexibility index (Phi) is 6.80. The van der Waals surface area contributed by atoms with Gasteiger partial charge in [-0.05, 0) is 74.5 Å². The van der Waals surface area contributed by atoms with E-state index in [-0.39, 0.29) is 5.91 Å². The maximum Gasteiger partial charge on any atom is 0.254 e. The monoisotopic (exact) mass is 502 g/mol. The summed E-state index contributed by atoms with van der Waals surface area (Å²) >= 11 is 0. The van der Waals surface area contributed by atoms with Gasteiger partial charge in [-0.1, -0.05) is 0 Å². The summed E-state index contributed by atoms with van der Waals surface area (Å²) in [5.41, 5.74) is 10.6. The zero-order chi connectivity index (χ0) is 26.1. The Morgan fingerprint density at radius 3 is 2.65 bits per heavy atom. The van der Waals surface area contributed by atoms with Crippen molar-refractivity contribution in [2.75, 3.05) is 32.1 Å². The van der Waals surface area contributed by atoms with Crippen LogP contribution in [-0.2, 0) is 0 Å². The highest BCUT2D eigenvalue weighted by molar-refractivity contribution is 5.96. The van der Waals surface area contributed by atoms with Crippen LogP contribution in [0.25, 0.3) is 16.9 Å². The highest BCUT2D eigenvalue weighted by atomic mass is 19.1. The van der Waals surface area contributed by atoms with Crippen molar-refractivity contribution in [3.05, 3.63) is 71.4 Å². The van der Waals surface area contributed by atoms with Gasteiger partial charge < -0.3 is 20.7 Å². The number of nitrogens with zero attached hydrogens (tertiary/aromatic N) is 4. The normalized spacial score (nSPS) is 14.2. The molecule has 0 saturated carbocycles. The number of halogens is 1. The van der Waals surface area contributed by atoms with E-state index in [9.17, 15) is 9.18 Å². The standard InChI is InChI=1S/C28H31FN6O2/c1-17-12-20(4-5-21(17)28(36)34-9-6-19(15-30)7-10-34)33-26-27-32-16-24(35(27)11-8-31-26)22-13-18(2)25(37-3)14-23(22)29/h4-5,8,11-14,16,19H,6-7,9-10,15,30H2,1-3H3,(H,31,33). The second-order valence-corrected chi connectivity index (χ2v) is 9.54. The van der Waals surface area contributed by atoms with E-state index in [0.29, 0.717) is 46.5 Å². The average molecular weight is 503 g/mol. The number of nitrogens with one attached hydrogen (secondary N) is 1. The van der Waals surface area contributed by atoms with Crippen molar-refractivity contribution in [2.24, 2.45) is 11.7 Å². The quantitative estimate of drug-likeness (QED) is 0.396. The van der Waals surface area contributed by atoms with Gasteiger partial charge in [0, 0.05) is 48.4 Å². The number of aryl methyl sites for hydroxylation is 2. The Labute approximate surface area is 215 Å². The van der Waals surface area contributed by atoms with Crippen LogP contribution in [0.2, 0.25) is 0 Å². The van der Waals surface area contributed by atoms with Crippen LogP contribution in [0.5, 0.6) is 5.75 Å². The summed E-state index contributed by atoms with van der Waals surface area (Å²) in [5.74, 6) is 1.19. The number of methoxy groups -OCH3 is 1. The number of rotatable bonds is 6. The molecule has 0 atom stereocenters. The molecule has 37 heavy (non-hydrogen) atoms. The Hall–Kier alpha value is -3.98. The van der Waals surface area contributed by atoms with Crippen molar-refractivity contribution in [3.63, 3.8) is 0 Å². The Morgan fingerprint density at radius 1 is 1.16 bits per heavy atom. The predicted molar refractivity (Wildman–Crippen MR) is 142 cm³/mol. The maximum absolute atomic E-state index is 14.9. The summed E-state index contributed by atoms with van der Waals surface area (Å²) in [5, 5.41) is 3.31. The molecule has 1 aliphatic heterocycles. The first-order valence-corrected chi connectivity index (χ1v) is 12.4. The molecule has 1 fully saturated rings. The molecular weight excluding hydrogens is 471 g/mol. The molecule has 0 spiro atoms. The predicted octanol–water partition coefficient (Wildman–Crippen LogP) is 4.72. The number of carbonyl (C=O) groups is 1. The maximum atomic E-state index is 14.9. The molecule has 192 valence electrons. The van der Waals surface area contributed by atoms with Crippen molar-refractivity contribution in [1.82, 2.24) is 19.3 Å². The van der Waals surface area contributed by atoms with E-state index in [0.717, 1.165) is 42.7 Å². The zero-order valence-corrected chi connectivity index (χ0v) is 21.3. The van der Waals surface area contributed by atoms with Crippen molar-refractivity contribution in [1.29, 1.82) is 0 Å². The van der Waals surface area contributed by atoms with Crippen molar-refractivity contribution < 1.29 is 13.9 Å². The number of carbonyl (C=O) groups excluding carboxylic acids is 1. The van der Waals surface area contributed by atoms with Gasteiger partial charge in [0.15, 0.2) is 11.5 Å². The molecule has 1 amide bonds. The number of ether oxygens (including phenoxy) is 1. The number of amides is 1. The summed E-state index contributed by atoms with van der Waals surface area (Å²) < 4.78 is 21.9. The zero-order valence-electron chi connectivity index (χ0n) is 21.3. The van der Waals surface area contributed by atoms with Gasteiger partial charge in [-0.25, -0.2) is 14.4 Å². The smallest absolute Gasteiger partial charge is 0.254 e. The number of piperidine rings is 1. The first kappa shape index (κ1) is 24.7. The second-order valence-electron chi connectivity index (χ2n) is 9.54. The van der Waals surface area contributed by atoms with Crippen molar-refractivity contribution in [2.45, 2.75) is 26.7 Å². The number of benzene rings is 2. The van der Waals surface area contributed by atoms with Gasteiger partial charge in [0.2, 0.25) is 0 Å². The number of hydrogen-bond donors (Lipinski definition) is 2. The summed E-state index contributed by atoms with van der Waals surface area (Å²) in [6, 6.07) is 8.79. The van der Waals surface area contributed by atoms with Gasteiger partial charge in [0.05, 0.1) is 19.0 Å². The highest BCUT2D eigenvalue weighted by Gasteiger charge is 2.24. The molecule has 3 N–H and O–H groups in total. The first-order chi connectivity index (χ1) is 17.9. The van der Waals surface area contributed by atoms with Gasteiger partial charge in [0.25, 0.3) is 5.91 Å². The number of anilines is 2. The fourth-order valence-corrected chi connectivity index (χ4v) is 4.95. The lowest BCUT2D eigenvalue weighted by molar-refractivity contribution is 0.0692. The minimum atomic E-state index is -0.390. The van der Waals surface area contributed by atoms with Crippen molar-refractivity contribution >= 4 is 23.1 Å². The van der Waals surface area contributed by atoms with Crippen LogP contribution in [0.1, 0.15) is 34.3 Å². The molecule has 0 radical (unpaired) electrons. The molecule has 8 nitrogen and oxygen atoms in total. The SMILES string of the molecule is COc1cc(F)c(-c2cnc3c(Nc4ccc(C(=O)N5CCC(CN)CC5)c(C)c4)nccn23)cc1C. The van der Waals surface area contributed by atoms with E-state index in [1.807, 2.05) is 36.9 Å². The summed E-state index contributed by atoms with van der Waals surface area (Å²) in [7, 11) is 1.52. The highest BCUT2D eigenvalue weighted by Crippen LogP contribution is 2.31. The number of aromatic nitrogens is 3. The molecule has 1 aliphatic rings. The van der Waals surface area contributed by atoms with E-state index in [4.69, 9.17) is 10.5 Å². The molecule has 2 aromatic heterocycles. The summed E-state index contributed by atoms with van der Waals surface area (Å²) in [4.78, 5) is 24.0. The van der Waals surface area contributed by atoms with Crippen LogP contribution in [0.4, 0.5) is 15.9 Å². The Balaban J connectivity index is 1.39. The topological polar surface area (TPSA) is 97.8 Å². The van der Waals surface area contributed by atoms with Gasteiger partial charge >= 0.3 is 0 Å². The molecule has 9 heteroatoms. The van der Waals surface area contributed by atoms with E-state index in [1.165, 1.54) is 13.2 Å². The molecule has 4 aromatic rings. The third-order valence-corrected chi connectivity index (χ3v) is 7.14. The summed E-state index contributed by atoms with van der Waals surface area (Å²) in [6.45, 7) is 5.96. The Bertz CT molecular complexity index is 1460. The Morgan fingerprint density at radius 2 is 1.95 bits per heavy atom.